The van der Waals surface area contributed by atoms with Gasteiger partial charge >= 0.3 is 0 Å². The summed E-state index contributed by atoms with van der Waals surface area (Å²) in [5.74, 6) is 0. The predicted octanol–water partition coefficient (Wildman–Crippen LogP) is 3.51. The molecule has 0 aromatic rings. The monoisotopic (exact) mass is 230 g/mol. The third-order valence-electron chi connectivity index (χ3n) is 3.37. The maximum Gasteiger partial charge on any atom is 0.217 e. The Labute approximate surface area is 95.5 Å². The summed E-state index contributed by atoms with van der Waals surface area (Å²) in [5.41, 5.74) is 0.421. The van der Waals surface area contributed by atoms with E-state index in [2.05, 4.69) is 20.4 Å². The molecule has 1 heterocycles. The quantitative estimate of drug-likeness (QED) is 0.513. The second-order valence-electron chi connectivity index (χ2n) is 4.74. The largest absolute Gasteiger partial charge is 0.414 e. The van der Waals surface area contributed by atoms with Crippen LogP contribution in [0.25, 0.3) is 0 Å². The van der Waals surface area contributed by atoms with Gasteiger partial charge in [-0.15, -0.1) is 0 Å². The van der Waals surface area contributed by atoms with Crippen LogP contribution in [0.2, 0.25) is 12.6 Å². The molecule has 0 aromatic heterocycles. The number of unbranched alkanes of at least 4 members (excludes halogenated alkanes) is 1. The summed E-state index contributed by atoms with van der Waals surface area (Å²) in [6.07, 6.45) is 6.10. The van der Waals surface area contributed by atoms with Crippen molar-refractivity contribution in [2.75, 3.05) is 13.2 Å². The van der Waals surface area contributed by atoms with Crippen molar-refractivity contribution in [3.8, 4) is 0 Å². The minimum Gasteiger partial charge on any atom is -0.414 e. The summed E-state index contributed by atoms with van der Waals surface area (Å²) in [6, 6.07) is 1.29. The van der Waals surface area contributed by atoms with Gasteiger partial charge in [-0.1, -0.05) is 26.7 Å². The molecule has 0 aromatic carbocycles. The maximum atomic E-state index is 6.06. The summed E-state index contributed by atoms with van der Waals surface area (Å²) >= 11 is 0. The van der Waals surface area contributed by atoms with Crippen LogP contribution in [0.3, 0.4) is 0 Å². The molecule has 2 unspecified atom stereocenters. The predicted molar refractivity (Wildman–Crippen MR) is 66.6 cm³/mol. The molecule has 0 saturated carbocycles. The zero-order valence-corrected chi connectivity index (χ0v) is 11.6. The van der Waals surface area contributed by atoms with E-state index in [4.69, 9.17) is 9.16 Å². The van der Waals surface area contributed by atoms with Gasteiger partial charge in [-0.2, -0.15) is 0 Å². The van der Waals surface area contributed by atoms with Crippen molar-refractivity contribution < 1.29 is 9.16 Å². The van der Waals surface area contributed by atoms with Gasteiger partial charge in [0.25, 0.3) is 0 Å². The summed E-state index contributed by atoms with van der Waals surface area (Å²) < 4.78 is 12.1. The molecule has 0 bridgehead atoms. The van der Waals surface area contributed by atoms with Gasteiger partial charge in [-0.3, -0.25) is 0 Å². The normalized spacial score (nSPS) is 29.0. The van der Waals surface area contributed by atoms with Gasteiger partial charge in [0, 0.05) is 13.2 Å². The van der Waals surface area contributed by atoms with Gasteiger partial charge in [0.05, 0.1) is 5.73 Å². The Balaban J connectivity index is 2.40. The lowest BCUT2D eigenvalue weighted by atomic mass is 10.4. The Hall–Kier alpha value is 0.137. The first-order chi connectivity index (χ1) is 7.23. The van der Waals surface area contributed by atoms with Gasteiger partial charge in [-0.05, 0) is 31.9 Å². The van der Waals surface area contributed by atoms with Crippen molar-refractivity contribution in [2.45, 2.75) is 64.3 Å². The first kappa shape index (κ1) is 13.2. The molecule has 0 aliphatic carbocycles. The topological polar surface area (TPSA) is 18.5 Å². The van der Waals surface area contributed by atoms with E-state index in [1.807, 2.05) is 0 Å². The molecule has 0 amide bonds. The Morgan fingerprint density at radius 3 is 2.67 bits per heavy atom. The van der Waals surface area contributed by atoms with Gasteiger partial charge in [0.15, 0.2) is 0 Å². The maximum absolute atomic E-state index is 6.06. The number of hydrogen-bond donors (Lipinski definition) is 0. The molecule has 1 aliphatic rings. The van der Waals surface area contributed by atoms with Crippen LogP contribution in [0.5, 0.6) is 0 Å². The van der Waals surface area contributed by atoms with E-state index in [1.54, 1.807) is 0 Å². The summed E-state index contributed by atoms with van der Waals surface area (Å²) in [4.78, 5) is 0. The highest BCUT2D eigenvalue weighted by molar-refractivity contribution is 6.73. The van der Waals surface area contributed by atoms with Gasteiger partial charge in [0.2, 0.25) is 8.32 Å². The van der Waals surface area contributed by atoms with E-state index in [-0.39, 0.29) is 0 Å². The standard InChI is InChI=1S/C12H26O2Si/c1-4-6-9-13-12(5-2)15(3)11-8-7-10-14-15/h12H,4-11H2,1-3H3. The van der Waals surface area contributed by atoms with Gasteiger partial charge in [-0.25, -0.2) is 0 Å². The zero-order chi connectivity index (χ0) is 11.1. The van der Waals surface area contributed by atoms with E-state index in [0.717, 1.165) is 19.6 Å². The Kier molecular flexibility index (Phi) is 5.86. The Morgan fingerprint density at radius 1 is 1.33 bits per heavy atom. The average molecular weight is 230 g/mol. The van der Waals surface area contributed by atoms with Crippen LogP contribution < -0.4 is 0 Å². The Bertz CT molecular complexity index is 167. The molecule has 15 heavy (non-hydrogen) atoms. The first-order valence-corrected chi connectivity index (χ1v) is 9.17. The van der Waals surface area contributed by atoms with Crippen molar-refractivity contribution in [3.05, 3.63) is 0 Å². The third kappa shape index (κ3) is 3.89. The fourth-order valence-corrected chi connectivity index (χ4v) is 5.85. The average Bonchev–Trinajstić information content (AvgIpc) is 2.25. The SMILES string of the molecule is CCCCOC(CC)[Si]1(C)CCCCO1. The highest BCUT2D eigenvalue weighted by atomic mass is 28.4. The van der Waals surface area contributed by atoms with Crippen LogP contribution in [0, 0.1) is 0 Å². The summed E-state index contributed by atoms with van der Waals surface area (Å²) in [6.45, 7) is 8.68. The van der Waals surface area contributed by atoms with Crippen molar-refractivity contribution >= 4 is 8.32 Å². The number of rotatable bonds is 6. The van der Waals surface area contributed by atoms with E-state index in [1.165, 1.54) is 31.7 Å². The number of hydrogen-bond acceptors (Lipinski definition) is 2. The number of ether oxygens (including phenoxy) is 1. The lowest BCUT2D eigenvalue weighted by molar-refractivity contribution is 0.0724. The fraction of sp³-hybridized carbons (Fsp3) is 1.00. The van der Waals surface area contributed by atoms with E-state index < -0.39 is 8.32 Å². The van der Waals surface area contributed by atoms with Crippen molar-refractivity contribution in [1.82, 2.24) is 0 Å². The minimum absolute atomic E-state index is 0.421. The minimum atomic E-state index is -1.54. The highest BCUT2D eigenvalue weighted by Gasteiger charge is 2.39. The molecule has 0 spiro atoms. The first-order valence-electron chi connectivity index (χ1n) is 6.48. The highest BCUT2D eigenvalue weighted by Crippen LogP contribution is 2.28. The fourth-order valence-electron chi connectivity index (χ4n) is 2.31. The molecule has 1 fully saturated rings. The molecule has 1 saturated heterocycles. The van der Waals surface area contributed by atoms with Crippen LogP contribution in [0.1, 0.15) is 46.0 Å². The van der Waals surface area contributed by atoms with Gasteiger partial charge < -0.3 is 9.16 Å². The molecule has 2 atom stereocenters. The zero-order valence-electron chi connectivity index (χ0n) is 10.6. The molecule has 3 heteroatoms. The summed E-state index contributed by atoms with van der Waals surface area (Å²) in [5, 5.41) is 0. The van der Waals surface area contributed by atoms with Crippen molar-refractivity contribution in [1.29, 1.82) is 0 Å². The van der Waals surface area contributed by atoms with Crippen LogP contribution in [-0.4, -0.2) is 27.3 Å². The van der Waals surface area contributed by atoms with E-state index in [9.17, 15) is 0 Å². The molecular formula is C12H26O2Si. The van der Waals surface area contributed by atoms with Crippen LogP contribution in [0.4, 0.5) is 0 Å². The van der Waals surface area contributed by atoms with Crippen LogP contribution in [-0.2, 0) is 9.16 Å². The van der Waals surface area contributed by atoms with Crippen LogP contribution in [0.15, 0.2) is 0 Å². The molecule has 1 rings (SSSR count). The molecule has 90 valence electrons. The third-order valence-corrected chi connectivity index (χ3v) is 7.52. The van der Waals surface area contributed by atoms with Crippen molar-refractivity contribution in [2.24, 2.45) is 0 Å². The molecule has 0 N–H and O–H groups in total. The van der Waals surface area contributed by atoms with E-state index >= 15 is 0 Å². The Morgan fingerprint density at radius 2 is 2.13 bits per heavy atom. The van der Waals surface area contributed by atoms with Crippen molar-refractivity contribution in [3.63, 3.8) is 0 Å². The van der Waals surface area contributed by atoms with Crippen LogP contribution >= 0.6 is 0 Å². The lowest BCUT2D eigenvalue weighted by Gasteiger charge is -2.37. The van der Waals surface area contributed by atoms with Gasteiger partial charge in [0.1, 0.15) is 0 Å². The van der Waals surface area contributed by atoms with E-state index in [0.29, 0.717) is 5.73 Å². The molecule has 2 nitrogen and oxygen atoms in total. The second kappa shape index (κ2) is 6.66. The summed E-state index contributed by atoms with van der Waals surface area (Å²) in [7, 11) is -1.54. The second-order valence-corrected chi connectivity index (χ2v) is 8.80. The molecular weight excluding hydrogens is 204 g/mol. The molecule has 0 radical (unpaired) electrons. The smallest absolute Gasteiger partial charge is 0.217 e. The lowest BCUT2D eigenvalue weighted by Crippen LogP contribution is -2.51. The molecule has 1 aliphatic heterocycles.